The Kier molecular flexibility index (Phi) is 5.84. The number of aromatic nitrogens is 1. The van der Waals surface area contributed by atoms with Crippen LogP contribution >= 0.6 is 0 Å². The molecule has 158 valence electrons. The van der Waals surface area contributed by atoms with Gasteiger partial charge in [-0.3, -0.25) is 14.6 Å². The Balaban J connectivity index is 1.76. The lowest BCUT2D eigenvalue weighted by Gasteiger charge is -2.24. The number of pyridine rings is 1. The van der Waals surface area contributed by atoms with Crippen LogP contribution in [0.4, 0.5) is 0 Å². The third-order valence-electron chi connectivity index (χ3n) is 5.05. The van der Waals surface area contributed by atoms with E-state index in [1.165, 1.54) is 11.2 Å². The highest BCUT2D eigenvalue weighted by Crippen LogP contribution is 2.40. The summed E-state index contributed by atoms with van der Waals surface area (Å²) in [5.41, 5.74) is 1.07. The smallest absolute Gasteiger partial charge is 0.296 e. The van der Waals surface area contributed by atoms with E-state index in [0.717, 1.165) is 6.42 Å². The van der Waals surface area contributed by atoms with Crippen molar-refractivity contribution in [3.63, 3.8) is 0 Å². The lowest BCUT2D eigenvalue weighted by Crippen LogP contribution is -2.29. The second-order valence-electron chi connectivity index (χ2n) is 7.17. The van der Waals surface area contributed by atoms with Gasteiger partial charge in [-0.15, -0.1) is 0 Å². The number of Topliss-reactive ketones (excluding diaryl/α,β-unsaturated/α-hetero) is 1. The maximum Gasteiger partial charge on any atom is 0.296 e. The van der Waals surface area contributed by atoms with Crippen molar-refractivity contribution < 1.29 is 23.8 Å². The molecule has 7 heteroatoms. The van der Waals surface area contributed by atoms with Crippen LogP contribution in [0.5, 0.6) is 5.75 Å². The van der Waals surface area contributed by atoms with Crippen LogP contribution in [-0.2, 0) is 16.1 Å². The van der Waals surface area contributed by atoms with Gasteiger partial charge in [0.2, 0.25) is 0 Å². The summed E-state index contributed by atoms with van der Waals surface area (Å²) in [6, 6.07) is 12.9. The number of aliphatic hydroxyl groups excluding tert-OH is 1. The summed E-state index contributed by atoms with van der Waals surface area (Å²) in [5, 5.41) is 11.0. The van der Waals surface area contributed by atoms with Gasteiger partial charge in [-0.1, -0.05) is 13.0 Å². The van der Waals surface area contributed by atoms with Gasteiger partial charge >= 0.3 is 0 Å². The highest BCUT2D eigenvalue weighted by atomic mass is 16.5. The van der Waals surface area contributed by atoms with E-state index in [-0.39, 0.29) is 17.9 Å². The number of rotatable bonds is 7. The van der Waals surface area contributed by atoms with Gasteiger partial charge in [0.25, 0.3) is 11.7 Å². The van der Waals surface area contributed by atoms with Crippen molar-refractivity contribution in [3.05, 3.63) is 89.6 Å². The molecule has 1 aliphatic rings. The fourth-order valence-electron chi connectivity index (χ4n) is 3.58. The topological polar surface area (TPSA) is 92.9 Å². The molecule has 1 amide bonds. The maximum absolute atomic E-state index is 13.0. The summed E-state index contributed by atoms with van der Waals surface area (Å²) in [6.45, 7) is 2.70. The Morgan fingerprint density at radius 2 is 1.97 bits per heavy atom. The molecule has 3 aromatic rings. The van der Waals surface area contributed by atoms with E-state index in [2.05, 4.69) is 4.98 Å². The van der Waals surface area contributed by atoms with Gasteiger partial charge in [-0.25, -0.2) is 0 Å². The maximum atomic E-state index is 13.0. The van der Waals surface area contributed by atoms with Crippen molar-refractivity contribution >= 4 is 17.4 Å². The summed E-state index contributed by atoms with van der Waals surface area (Å²) in [5.74, 6) is -0.483. The summed E-state index contributed by atoms with van der Waals surface area (Å²) in [6.07, 6.45) is 5.58. The quantitative estimate of drug-likeness (QED) is 0.353. The minimum Gasteiger partial charge on any atom is -0.507 e. The number of carbonyl (C=O) groups is 2. The Morgan fingerprint density at radius 3 is 2.61 bits per heavy atom. The molecule has 1 N–H and O–H groups in total. The van der Waals surface area contributed by atoms with Gasteiger partial charge in [0, 0.05) is 18.0 Å². The lowest BCUT2D eigenvalue weighted by molar-refractivity contribution is -0.140. The molecule has 0 bridgehead atoms. The number of ketones is 1. The predicted octanol–water partition coefficient (Wildman–Crippen LogP) is 4.09. The first-order chi connectivity index (χ1) is 15.1. The molecule has 0 saturated carbocycles. The monoisotopic (exact) mass is 418 g/mol. The number of hydrogen-bond donors (Lipinski definition) is 1. The molecular formula is C24H22N2O5. The van der Waals surface area contributed by atoms with Crippen LogP contribution in [-0.4, -0.2) is 33.3 Å². The minimum atomic E-state index is -0.783. The van der Waals surface area contributed by atoms with Gasteiger partial charge in [-0.2, -0.15) is 0 Å². The first-order valence-corrected chi connectivity index (χ1v) is 10.0. The fourth-order valence-corrected chi connectivity index (χ4v) is 3.58. The van der Waals surface area contributed by atoms with E-state index < -0.39 is 17.7 Å². The molecule has 7 nitrogen and oxygen atoms in total. The van der Waals surface area contributed by atoms with E-state index in [0.29, 0.717) is 29.2 Å². The molecule has 3 heterocycles. The Hall–Kier alpha value is -3.87. The van der Waals surface area contributed by atoms with Crippen molar-refractivity contribution in [3.8, 4) is 5.75 Å². The third kappa shape index (κ3) is 4.07. The molecule has 1 aliphatic heterocycles. The molecule has 1 aromatic carbocycles. The standard InChI is InChI=1S/C24H22N2O5/c1-2-12-30-18-9-7-16(8-10-18)22(27)20-21(17-5-3-11-25-14-17)26(24(29)23(20)28)15-19-6-4-13-31-19/h3-11,13-14,21,27H,2,12,15H2,1H3/b22-20-. The van der Waals surface area contributed by atoms with Crippen LogP contribution in [0.3, 0.4) is 0 Å². The highest BCUT2D eigenvalue weighted by molar-refractivity contribution is 6.46. The normalized spacial score (nSPS) is 17.8. The van der Waals surface area contributed by atoms with Gasteiger partial charge in [-0.05, 0) is 54.4 Å². The number of benzene rings is 1. The van der Waals surface area contributed by atoms with E-state index >= 15 is 0 Å². The van der Waals surface area contributed by atoms with Gasteiger partial charge in [0.1, 0.15) is 17.3 Å². The molecule has 1 fully saturated rings. The van der Waals surface area contributed by atoms with Crippen molar-refractivity contribution in [2.45, 2.75) is 25.9 Å². The van der Waals surface area contributed by atoms with Crippen LogP contribution in [0.25, 0.3) is 5.76 Å². The lowest BCUT2D eigenvalue weighted by atomic mass is 9.96. The largest absolute Gasteiger partial charge is 0.507 e. The molecule has 0 radical (unpaired) electrons. The van der Waals surface area contributed by atoms with Crippen LogP contribution in [0.1, 0.15) is 36.3 Å². The summed E-state index contributed by atoms with van der Waals surface area (Å²) < 4.78 is 10.9. The van der Waals surface area contributed by atoms with Crippen LogP contribution in [0.2, 0.25) is 0 Å². The number of carbonyl (C=O) groups excluding carboxylic acids is 2. The average molecular weight is 418 g/mol. The number of aliphatic hydroxyl groups is 1. The molecule has 1 unspecified atom stereocenters. The first-order valence-electron chi connectivity index (χ1n) is 10.0. The van der Waals surface area contributed by atoms with Gasteiger partial charge in [0.05, 0.1) is 31.0 Å². The van der Waals surface area contributed by atoms with Crippen LogP contribution < -0.4 is 4.74 Å². The molecule has 4 rings (SSSR count). The molecule has 1 atom stereocenters. The summed E-state index contributed by atoms with van der Waals surface area (Å²) in [4.78, 5) is 31.4. The summed E-state index contributed by atoms with van der Waals surface area (Å²) >= 11 is 0. The second kappa shape index (κ2) is 8.87. The fraction of sp³-hybridized carbons (Fsp3) is 0.208. The summed E-state index contributed by atoms with van der Waals surface area (Å²) in [7, 11) is 0. The minimum absolute atomic E-state index is 0.0202. The van der Waals surface area contributed by atoms with Crippen molar-refractivity contribution in [1.29, 1.82) is 0 Å². The van der Waals surface area contributed by atoms with E-state index in [9.17, 15) is 14.7 Å². The van der Waals surface area contributed by atoms with Crippen molar-refractivity contribution in [1.82, 2.24) is 9.88 Å². The Morgan fingerprint density at radius 1 is 1.16 bits per heavy atom. The Labute approximate surface area is 179 Å². The van der Waals surface area contributed by atoms with E-state index in [1.807, 2.05) is 6.92 Å². The van der Waals surface area contributed by atoms with Crippen molar-refractivity contribution in [2.75, 3.05) is 6.61 Å². The van der Waals surface area contributed by atoms with Gasteiger partial charge in [0.15, 0.2) is 0 Å². The number of ether oxygens (including phenoxy) is 1. The molecular weight excluding hydrogens is 396 g/mol. The van der Waals surface area contributed by atoms with Gasteiger partial charge < -0.3 is 19.2 Å². The molecule has 31 heavy (non-hydrogen) atoms. The molecule has 1 saturated heterocycles. The predicted molar refractivity (Wildman–Crippen MR) is 113 cm³/mol. The van der Waals surface area contributed by atoms with E-state index in [4.69, 9.17) is 9.15 Å². The average Bonchev–Trinajstić information content (AvgIpc) is 3.40. The second-order valence-corrected chi connectivity index (χ2v) is 7.17. The molecule has 2 aromatic heterocycles. The number of likely N-dealkylation sites (tertiary alicyclic amines) is 1. The molecule has 0 spiro atoms. The zero-order valence-electron chi connectivity index (χ0n) is 17.0. The number of furan rings is 1. The van der Waals surface area contributed by atoms with Crippen LogP contribution in [0, 0.1) is 0 Å². The van der Waals surface area contributed by atoms with E-state index in [1.54, 1.807) is 60.9 Å². The Bertz CT molecular complexity index is 1090. The number of hydrogen-bond acceptors (Lipinski definition) is 6. The van der Waals surface area contributed by atoms with Crippen molar-refractivity contribution in [2.24, 2.45) is 0 Å². The first kappa shape index (κ1) is 20.4. The third-order valence-corrected chi connectivity index (χ3v) is 5.05. The number of nitrogens with zero attached hydrogens (tertiary/aromatic N) is 2. The van der Waals surface area contributed by atoms with Crippen LogP contribution in [0.15, 0.2) is 77.2 Å². The zero-order chi connectivity index (χ0) is 21.8. The highest BCUT2D eigenvalue weighted by Gasteiger charge is 2.46. The number of amides is 1. The molecule has 0 aliphatic carbocycles. The SMILES string of the molecule is CCCOc1ccc(/C(O)=C2/C(=O)C(=O)N(Cc3ccco3)C2c2cccnc2)cc1. The zero-order valence-corrected chi connectivity index (χ0v) is 17.0.